The van der Waals surface area contributed by atoms with Gasteiger partial charge in [-0.3, -0.25) is 9.69 Å². The highest BCUT2D eigenvalue weighted by atomic mass is 35.5. The number of aromatic nitrogens is 1. The molecule has 6 nitrogen and oxygen atoms in total. The summed E-state index contributed by atoms with van der Waals surface area (Å²) in [7, 11) is 0. The highest BCUT2D eigenvalue weighted by molar-refractivity contribution is 7.15. The van der Waals surface area contributed by atoms with Crippen molar-refractivity contribution in [2.75, 3.05) is 18.1 Å². The van der Waals surface area contributed by atoms with E-state index in [1.165, 1.54) is 26.9 Å². The smallest absolute Gasteiger partial charge is 0.415 e. The minimum Gasteiger partial charge on any atom is -0.441 e. The summed E-state index contributed by atoms with van der Waals surface area (Å²) in [5, 5.41) is 11.9. The number of hydrogen-bond acceptors (Lipinski definition) is 5. The van der Waals surface area contributed by atoms with E-state index in [9.17, 15) is 9.59 Å². The summed E-state index contributed by atoms with van der Waals surface area (Å²) in [6.07, 6.45) is 0.624. The van der Waals surface area contributed by atoms with Crippen LogP contribution in [0.25, 0.3) is 0 Å². The molecule has 22 heavy (non-hydrogen) atoms. The maximum Gasteiger partial charge on any atom is 0.415 e. The Morgan fingerprint density at radius 2 is 2.23 bits per heavy atom. The maximum atomic E-state index is 11.8. The Bertz CT molecular complexity index is 757. The third-order valence-electron chi connectivity index (χ3n) is 3.35. The number of cyclic esters (lactones) is 1. The first kappa shape index (κ1) is 15.1. The van der Waals surface area contributed by atoms with Gasteiger partial charge in [-0.15, -0.1) is 11.3 Å². The van der Waals surface area contributed by atoms with E-state index in [0.717, 1.165) is 5.56 Å². The molecule has 3 rings (SSSR count). The molecule has 1 aliphatic heterocycles. The van der Waals surface area contributed by atoms with Gasteiger partial charge in [-0.2, -0.15) is 0 Å². The highest BCUT2D eigenvalue weighted by Gasteiger charge is 2.34. The lowest BCUT2D eigenvalue weighted by Gasteiger charge is -2.11. The van der Waals surface area contributed by atoms with Gasteiger partial charge in [-0.1, -0.05) is 17.7 Å². The van der Waals surface area contributed by atoms with Gasteiger partial charge in [0.25, 0.3) is 5.56 Å². The molecule has 1 saturated heterocycles. The molecule has 2 aromatic rings. The second-order valence-electron chi connectivity index (χ2n) is 4.85. The zero-order valence-electron chi connectivity index (χ0n) is 11.4. The second kappa shape index (κ2) is 6.12. The number of carbonyl (C=O) groups excluding carboxylic acids is 1. The Morgan fingerprint density at radius 3 is 2.91 bits per heavy atom. The highest BCUT2D eigenvalue weighted by Crippen LogP contribution is 2.38. The van der Waals surface area contributed by atoms with E-state index >= 15 is 0 Å². The number of pyridine rings is 1. The first-order chi connectivity index (χ1) is 10.6. The number of nitrogens with zero attached hydrogens (tertiary/aromatic N) is 2. The quantitative estimate of drug-likeness (QED) is 0.923. The molecular weight excluding hydrogens is 328 g/mol. The van der Waals surface area contributed by atoms with E-state index < -0.39 is 12.2 Å². The lowest BCUT2D eigenvalue weighted by molar-refractivity contribution is 0.0963. The van der Waals surface area contributed by atoms with Gasteiger partial charge < -0.3 is 14.4 Å². The third-order valence-corrected chi connectivity index (χ3v) is 4.93. The van der Waals surface area contributed by atoms with Gasteiger partial charge >= 0.3 is 6.09 Å². The van der Waals surface area contributed by atoms with Crippen LogP contribution < -0.4 is 10.5 Å². The number of amides is 1. The SMILES string of the molecule is O=C1O[C@@H](CO)CN1c1scc(Cn2ccccc2=O)c1Cl. The Morgan fingerprint density at radius 1 is 1.41 bits per heavy atom. The van der Waals surface area contributed by atoms with Crippen LogP contribution in [0.1, 0.15) is 5.56 Å². The number of ether oxygens (including phenoxy) is 1. The van der Waals surface area contributed by atoms with E-state index in [1.54, 1.807) is 18.3 Å². The van der Waals surface area contributed by atoms with Gasteiger partial charge in [0.05, 0.1) is 24.7 Å². The zero-order chi connectivity index (χ0) is 15.7. The van der Waals surface area contributed by atoms with Gasteiger partial charge in [-0.25, -0.2) is 4.79 Å². The van der Waals surface area contributed by atoms with Crippen molar-refractivity contribution in [2.24, 2.45) is 0 Å². The molecule has 0 aromatic carbocycles. The van der Waals surface area contributed by atoms with Crippen LogP contribution in [0.3, 0.4) is 0 Å². The lowest BCUT2D eigenvalue weighted by Crippen LogP contribution is -2.24. The topological polar surface area (TPSA) is 71.8 Å². The van der Waals surface area contributed by atoms with Crippen molar-refractivity contribution in [2.45, 2.75) is 12.6 Å². The summed E-state index contributed by atoms with van der Waals surface area (Å²) < 4.78 is 6.55. The fraction of sp³-hybridized carbons (Fsp3) is 0.286. The van der Waals surface area contributed by atoms with Crippen LogP contribution in [-0.2, 0) is 11.3 Å². The van der Waals surface area contributed by atoms with E-state index in [-0.39, 0.29) is 18.7 Å². The van der Waals surface area contributed by atoms with Crippen molar-refractivity contribution in [3.05, 3.63) is 50.7 Å². The number of carbonyl (C=O) groups is 1. The molecule has 0 spiro atoms. The van der Waals surface area contributed by atoms with Gasteiger partial charge in [0.1, 0.15) is 11.1 Å². The van der Waals surface area contributed by atoms with Crippen molar-refractivity contribution < 1.29 is 14.6 Å². The molecule has 0 saturated carbocycles. The monoisotopic (exact) mass is 340 g/mol. The fourth-order valence-corrected chi connectivity index (χ4v) is 3.59. The minimum atomic E-state index is -0.536. The molecule has 1 N–H and O–H groups in total. The van der Waals surface area contributed by atoms with Crippen molar-refractivity contribution >= 4 is 34.0 Å². The first-order valence-corrected chi connectivity index (χ1v) is 7.86. The summed E-state index contributed by atoms with van der Waals surface area (Å²) in [5.74, 6) is 0. The van der Waals surface area contributed by atoms with Crippen molar-refractivity contribution in [1.82, 2.24) is 4.57 Å². The van der Waals surface area contributed by atoms with Gasteiger partial charge in [0.15, 0.2) is 0 Å². The molecule has 2 aromatic heterocycles. The van der Waals surface area contributed by atoms with E-state index in [4.69, 9.17) is 21.4 Å². The molecule has 0 unspecified atom stereocenters. The summed E-state index contributed by atoms with van der Waals surface area (Å²) >= 11 is 7.66. The van der Waals surface area contributed by atoms with Gasteiger partial charge in [0, 0.05) is 17.8 Å². The molecule has 1 atom stereocenters. The third kappa shape index (κ3) is 2.75. The number of hydrogen-bond donors (Lipinski definition) is 1. The molecular formula is C14H13ClN2O4S. The molecule has 0 bridgehead atoms. The van der Waals surface area contributed by atoms with E-state index in [1.807, 2.05) is 5.38 Å². The van der Waals surface area contributed by atoms with Crippen LogP contribution in [0.4, 0.5) is 9.80 Å². The van der Waals surface area contributed by atoms with Crippen LogP contribution >= 0.6 is 22.9 Å². The minimum absolute atomic E-state index is 0.118. The number of aliphatic hydroxyl groups excluding tert-OH is 1. The fourth-order valence-electron chi connectivity index (χ4n) is 2.21. The molecule has 8 heteroatoms. The van der Waals surface area contributed by atoms with Crippen LogP contribution in [0.2, 0.25) is 5.02 Å². The van der Waals surface area contributed by atoms with Crippen LogP contribution in [0, 0.1) is 0 Å². The summed E-state index contributed by atoms with van der Waals surface area (Å²) in [6, 6.07) is 4.92. The predicted octanol–water partition coefficient (Wildman–Crippen LogP) is 1.93. The zero-order valence-corrected chi connectivity index (χ0v) is 13.0. The van der Waals surface area contributed by atoms with Gasteiger partial charge in [-0.05, 0) is 11.4 Å². The number of aliphatic hydroxyl groups is 1. The number of anilines is 1. The predicted molar refractivity (Wildman–Crippen MR) is 83.8 cm³/mol. The van der Waals surface area contributed by atoms with E-state index in [0.29, 0.717) is 16.6 Å². The van der Waals surface area contributed by atoms with Crippen LogP contribution in [-0.4, -0.2) is 35.0 Å². The maximum absolute atomic E-state index is 11.8. The molecule has 1 aliphatic rings. The number of rotatable bonds is 4. The molecule has 3 heterocycles. The van der Waals surface area contributed by atoms with E-state index in [2.05, 4.69) is 0 Å². The average molecular weight is 341 g/mol. The summed E-state index contributed by atoms with van der Waals surface area (Å²) in [5.41, 5.74) is 0.641. The van der Waals surface area contributed by atoms with Crippen LogP contribution in [0.15, 0.2) is 34.6 Å². The Kier molecular flexibility index (Phi) is 4.19. The first-order valence-electron chi connectivity index (χ1n) is 6.60. The Labute approximate surface area is 135 Å². The molecule has 1 fully saturated rings. The van der Waals surface area contributed by atoms with Crippen molar-refractivity contribution in [1.29, 1.82) is 0 Å². The Hall–Kier alpha value is -1.83. The Balaban J connectivity index is 1.85. The second-order valence-corrected chi connectivity index (χ2v) is 6.08. The standard InChI is InChI=1S/C14H13ClN2O4S/c15-12-9(5-16-4-2-1-3-11(16)19)8-22-13(12)17-6-10(7-18)21-14(17)20/h1-4,8,10,18H,5-7H2/t10-/m1/s1. The van der Waals surface area contributed by atoms with Crippen LogP contribution in [0.5, 0.6) is 0 Å². The molecule has 1 amide bonds. The van der Waals surface area contributed by atoms with Crippen molar-refractivity contribution in [3.63, 3.8) is 0 Å². The molecule has 116 valence electrons. The largest absolute Gasteiger partial charge is 0.441 e. The average Bonchev–Trinajstić information content (AvgIpc) is 3.05. The van der Waals surface area contributed by atoms with Crippen molar-refractivity contribution in [3.8, 4) is 0 Å². The molecule has 0 aliphatic carbocycles. The number of halogens is 1. The summed E-state index contributed by atoms with van der Waals surface area (Å²) in [4.78, 5) is 25.0. The molecule has 0 radical (unpaired) electrons. The summed E-state index contributed by atoms with van der Waals surface area (Å²) in [6.45, 7) is 0.374. The number of thiophene rings is 1. The normalized spacial score (nSPS) is 17.8. The lowest BCUT2D eigenvalue weighted by atomic mass is 10.3. The van der Waals surface area contributed by atoms with Gasteiger partial charge in [0.2, 0.25) is 0 Å².